The second-order valence-corrected chi connectivity index (χ2v) is 10.0. The first-order chi connectivity index (χ1) is 15.4. The molecule has 166 valence electrons. The van der Waals surface area contributed by atoms with Crippen molar-refractivity contribution < 1.29 is 13.2 Å². The van der Waals surface area contributed by atoms with Gasteiger partial charge in [0.15, 0.2) is 9.84 Å². The number of hydrogen-bond acceptors (Lipinski definition) is 5. The van der Waals surface area contributed by atoms with Gasteiger partial charge in [0, 0.05) is 44.0 Å². The molecule has 4 rings (SSSR count). The molecule has 0 bridgehead atoms. The largest absolute Gasteiger partial charge is 0.336 e. The van der Waals surface area contributed by atoms with E-state index in [9.17, 15) is 13.2 Å². The van der Waals surface area contributed by atoms with Gasteiger partial charge in [0.25, 0.3) is 5.91 Å². The van der Waals surface area contributed by atoms with E-state index in [1.165, 1.54) is 0 Å². The fourth-order valence-corrected chi connectivity index (χ4v) is 5.39. The van der Waals surface area contributed by atoms with Gasteiger partial charge in [-0.2, -0.15) is 0 Å². The van der Waals surface area contributed by atoms with E-state index in [-0.39, 0.29) is 22.6 Å². The van der Waals surface area contributed by atoms with Crippen LogP contribution >= 0.6 is 0 Å². The number of nitrogens with zero attached hydrogens (tertiary/aromatic N) is 3. The fourth-order valence-electron chi connectivity index (χ4n) is 4.03. The van der Waals surface area contributed by atoms with E-state index in [0.29, 0.717) is 24.2 Å². The quantitative estimate of drug-likeness (QED) is 0.575. The summed E-state index contributed by atoms with van der Waals surface area (Å²) in [5, 5.41) is 0. The predicted octanol–water partition coefficient (Wildman–Crippen LogP) is 3.57. The molecular weight excluding hydrogens is 422 g/mol. The van der Waals surface area contributed by atoms with Crippen LogP contribution in [0, 0.1) is 0 Å². The molecule has 1 atom stereocenters. The van der Waals surface area contributed by atoms with Crippen molar-refractivity contribution in [1.82, 2.24) is 14.8 Å². The molecule has 0 radical (unpaired) electrons. The number of rotatable bonds is 6. The Labute approximate surface area is 189 Å². The fraction of sp³-hybridized carbons (Fsp3) is 0.280. The number of hydrogen-bond donors (Lipinski definition) is 0. The molecule has 0 saturated carbocycles. The smallest absolute Gasteiger partial charge is 0.253 e. The maximum atomic E-state index is 13.1. The first kappa shape index (κ1) is 22.2. The van der Waals surface area contributed by atoms with E-state index < -0.39 is 9.84 Å². The zero-order valence-corrected chi connectivity index (χ0v) is 18.9. The second kappa shape index (κ2) is 9.63. The Morgan fingerprint density at radius 1 is 0.938 bits per heavy atom. The molecule has 1 fully saturated rings. The van der Waals surface area contributed by atoms with Gasteiger partial charge in [-0.05, 0) is 48.9 Å². The van der Waals surface area contributed by atoms with Crippen molar-refractivity contribution in [1.29, 1.82) is 0 Å². The standard InChI is InChI=1S/C25H27N3O3S/c1-20(24-12-5-6-13-26-24)27-14-16-28(17-15-27)25(29)22-9-7-8-21(18-22)19-32(30,31)23-10-3-2-4-11-23/h2-13,18,20H,14-17,19H2,1H3/t20-/m1/s1. The molecule has 1 amide bonds. The zero-order valence-electron chi connectivity index (χ0n) is 18.1. The molecule has 7 heteroatoms. The predicted molar refractivity (Wildman–Crippen MR) is 124 cm³/mol. The average molecular weight is 450 g/mol. The highest BCUT2D eigenvalue weighted by atomic mass is 32.2. The van der Waals surface area contributed by atoms with Crippen LogP contribution in [0.1, 0.15) is 34.6 Å². The van der Waals surface area contributed by atoms with E-state index in [4.69, 9.17) is 0 Å². The highest BCUT2D eigenvalue weighted by molar-refractivity contribution is 7.90. The number of carbonyl (C=O) groups is 1. The Bertz CT molecular complexity index is 1160. The van der Waals surface area contributed by atoms with Crippen LogP contribution in [0.25, 0.3) is 0 Å². The summed E-state index contributed by atoms with van der Waals surface area (Å²) >= 11 is 0. The van der Waals surface area contributed by atoms with Crippen LogP contribution in [0.3, 0.4) is 0 Å². The minimum atomic E-state index is -3.46. The minimum Gasteiger partial charge on any atom is -0.336 e. The average Bonchev–Trinajstić information content (AvgIpc) is 2.84. The number of amides is 1. The van der Waals surface area contributed by atoms with Gasteiger partial charge < -0.3 is 4.90 Å². The molecule has 0 unspecified atom stereocenters. The summed E-state index contributed by atoms with van der Waals surface area (Å²) in [7, 11) is -3.46. The van der Waals surface area contributed by atoms with Crippen molar-refractivity contribution in [2.75, 3.05) is 26.2 Å². The van der Waals surface area contributed by atoms with E-state index in [2.05, 4.69) is 16.8 Å². The summed E-state index contributed by atoms with van der Waals surface area (Å²) in [4.78, 5) is 22.0. The minimum absolute atomic E-state index is 0.0610. The van der Waals surface area contributed by atoms with Crippen LogP contribution < -0.4 is 0 Å². The van der Waals surface area contributed by atoms with E-state index in [1.807, 2.05) is 23.1 Å². The maximum Gasteiger partial charge on any atom is 0.253 e. The van der Waals surface area contributed by atoms with Gasteiger partial charge in [-0.3, -0.25) is 14.7 Å². The maximum absolute atomic E-state index is 13.1. The van der Waals surface area contributed by atoms with E-state index in [1.54, 1.807) is 60.8 Å². The Morgan fingerprint density at radius 2 is 1.66 bits per heavy atom. The zero-order chi connectivity index (χ0) is 22.6. The first-order valence-electron chi connectivity index (χ1n) is 10.7. The van der Waals surface area contributed by atoms with Crippen molar-refractivity contribution in [3.8, 4) is 0 Å². The first-order valence-corrected chi connectivity index (χ1v) is 12.4. The van der Waals surface area contributed by atoms with Crippen LogP contribution in [0.4, 0.5) is 0 Å². The SMILES string of the molecule is C[C@H](c1ccccn1)N1CCN(C(=O)c2cccc(CS(=O)(=O)c3ccccc3)c2)CC1. The molecule has 1 aliphatic heterocycles. The van der Waals surface area contributed by atoms with Crippen molar-refractivity contribution in [2.24, 2.45) is 0 Å². The number of benzene rings is 2. The lowest BCUT2D eigenvalue weighted by molar-refractivity contribution is 0.0579. The number of carbonyl (C=O) groups excluding carboxylic acids is 1. The topological polar surface area (TPSA) is 70.6 Å². The summed E-state index contributed by atoms with van der Waals surface area (Å²) in [6.45, 7) is 4.93. The molecule has 2 heterocycles. The highest BCUT2D eigenvalue weighted by Gasteiger charge is 2.26. The summed E-state index contributed by atoms with van der Waals surface area (Å²) < 4.78 is 25.4. The van der Waals surface area contributed by atoms with Crippen molar-refractivity contribution in [3.05, 3.63) is 95.8 Å². The molecule has 3 aromatic rings. The Morgan fingerprint density at radius 3 is 2.34 bits per heavy atom. The third-order valence-electron chi connectivity index (χ3n) is 5.90. The summed E-state index contributed by atoms with van der Waals surface area (Å²) in [6, 6.07) is 21.5. The lowest BCUT2D eigenvalue weighted by atomic mass is 10.1. The van der Waals surface area contributed by atoms with Crippen molar-refractivity contribution in [3.63, 3.8) is 0 Å². The van der Waals surface area contributed by atoms with Crippen molar-refractivity contribution in [2.45, 2.75) is 23.6 Å². The van der Waals surface area contributed by atoms with Gasteiger partial charge in [0.05, 0.1) is 16.3 Å². The van der Waals surface area contributed by atoms with Crippen LogP contribution in [0.15, 0.2) is 83.9 Å². The lowest BCUT2D eigenvalue weighted by Crippen LogP contribution is -2.49. The molecule has 2 aromatic carbocycles. The summed E-state index contributed by atoms with van der Waals surface area (Å²) in [5.41, 5.74) is 2.17. The van der Waals surface area contributed by atoms with Gasteiger partial charge in [-0.15, -0.1) is 0 Å². The number of pyridine rings is 1. The van der Waals surface area contributed by atoms with Crippen LogP contribution in [0.5, 0.6) is 0 Å². The lowest BCUT2D eigenvalue weighted by Gasteiger charge is -2.37. The normalized spacial score (nSPS) is 16.0. The molecule has 1 aromatic heterocycles. The molecule has 0 aliphatic carbocycles. The van der Waals surface area contributed by atoms with Crippen LogP contribution in [-0.2, 0) is 15.6 Å². The summed E-state index contributed by atoms with van der Waals surface area (Å²) in [6.07, 6.45) is 1.80. The third kappa shape index (κ3) is 5.06. The molecule has 1 saturated heterocycles. The van der Waals surface area contributed by atoms with Crippen LogP contribution in [-0.4, -0.2) is 55.3 Å². The highest BCUT2D eigenvalue weighted by Crippen LogP contribution is 2.21. The molecule has 0 N–H and O–H groups in total. The molecule has 0 spiro atoms. The van der Waals surface area contributed by atoms with Gasteiger partial charge in [0.1, 0.15) is 0 Å². The number of sulfone groups is 1. The van der Waals surface area contributed by atoms with Gasteiger partial charge in [0.2, 0.25) is 0 Å². The molecule has 1 aliphatic rings. The second-order valence-electron chi connectivity index (χ2n) is 8.03. The van der Waals surface area contributed by atoms with E-state index in [0.717, 1.165) is 18.8 Å². The Kier molecular flexibility index (Phi) is 6.67. The van der Waals surface area contributed by atoms with E-state index >= 15 is 0 Å². The number of piperazine rings is 1. The Hall–Kier alpha value is -3.03. The summed E-state index contributed by atoms with van der Waals surface area (Å²) in [5.74, 6) is -0.192. The molecule has 6 nitrogen and oxygen atoms in total. The van der Waals surface area contributed by atoms with Gasteiger partial charge >= 0.3 is 0 Å². The molecular formula is C25H27N3O3S. The molecule has 32 heavy (non-hydrogen) atoms. The van der Waals surface area contributed by atoms with Gasteiger partial charge in [-0.25, -0.2) is 8.42 Å². The van der Waals surface area contributed by atoms with Crippen LogP contribution in [0.2, 0.25) is 0 Å². The van der Waals surface area contributed by atoms with Gasteiger partial charge in [-0.1, -0.05) is 36.4 Å². The van der Waals surface area contributed by atoms with Crippen molar-refractivity contribution >= 4 is 15.7 Å². The Balaban J connectivity index is 1.40. The monoisotopic (exact) mass is 449 g/mol. The number of aromatic nitrogens is 1. The third-order valence-corrected chi connectivity index (χ3v) is 7.60.